The van der Waals surface area contributed by atoms with Gasteiger partial charge in [-0.05, 0) is 32.2 Å². The maximum absolute atomic E-state index is 5.69. The predicted octanol–water partition coefficient (Wildman–Crippen LogP) is 2.85. The molecule has 1 unspecified atom stereocenters. The molecule has 1 fully saturated rings. The molecule has 6 heteroatoms. The van der Waals surface area contributed by atoms with Crippen molar-refractivity contribution in [1.29, 1.82) is 0 Å². The summed E-state index contributed by atoms with van der Waals surface area (Å²) in [5.41, 5.74) is 0. The lowest BCUT2D eigenvalue weighted by Crippen LogP contribution is -2.34. The third-order valence-corrected chi connectivity index (χ3v) is 3.13. The molecule has 0 aliphatic carbocycles. The molecular weight excluding hydrogens is 273 g/mol. The van der Waals surface area contributed by atoms with Crippen LogP contribution in [0.3, 0.4) is 0 Å². The average molecular weight is 292 g/mol. The van der Waals surface area contributed by atoms with Gasteiger partial charge in [0.1, 0.15) is 0 Å². The van der Waals surface area contributed by atoms with Crippen LogP contribution in [0, 0.1) is 0 Å². The number of hydrogen-bond acceptors (Lipinski definition) is 4. The smallest absolute Gasteiger partial charge is 0.316 e. The molecule has 1 aromatic rings. The molecule has 0 bridgehead atoms. The van der Waals surface area contributed by atoms with Gasteiger partial charge in [-0.15, -0.1) is 12.4 Å². The van der Waals surface area contributed by atoms with Gasteiger partial charge in [0.15, 0.2) is 0 Å². The number of rotatable bonds is 5. The van der Waals surface area contributed by atoms with Crippen molar-refractivity contribution in [2.45, 2.75) is 38.1 Å². The largest absolute Gasteiger partial charge is 0.463 e. The molecule has 1 saturated heterocycles. The van der Waals surface area contributed by atoms with E-state index in [9.17, 15) is 0 Å². The summed E-state index contributed by atoms with van der Waals surface area (Å²) < 4.78 is 5.44. The van der Waals surface area contributed by atoms with E-state index >= 15 is 0 Å². The van der Waals surface area contributed by atoms with Crippen LogP contribution in [0.5, 0.6) is 6.01 Å². The van der Waals surface area contributed by atoms with Gasteiger partial charge < -0.3 is 10.1 Å². The van der Waals surface area contributed by atoms with Gasteiger partial charge in [-0.2, -0.15) is 0 Å². The third kappa shape index (κ3) is 5.38. The number of piperidine rings is 1. The van der Waals surface area contributed by atoms with Crippen molar-refractivity contribution in [2.24, 2.45) is 0 Å². The lowest BCUT2D eigenvalue weighted by molar-refractivity contribution is 0.267. The molecule has 0 amide bonds. The summed E-state index contributed by atoms with van der Waals surface area (Å²) in [7, 11) is 0. The van der Waals surface area contributed by atoms with Crippen molar-refractivity contribution < 1.29 is 4.74 Å². The molecule has 2 heterocycles. The van der Waals surface area contributed by atoms with Crippen LogP contribution in [0.15, 0.2) is 12.4 Å². The van der Waals surface area contributed by atoms with Crippen molar-refractivity contribution in [3.63, 3.8) is 0 Å². The summed E-state index contributed by atoms with van der Waals surface area (Å²) in [4.78, 5) is 7.96. The van der Waals surface area contributed by atoms with Crippen molar-refractivity contribution in [2.75, 3.05) is 13.2 Å². The van der Waals surface area contributed by atoms with Gasteiger partial charge in [0.05, 0.1) is 24.0 Å². The van der Waals surface area contributed by atoms with E-state index < -0.39 is 0 Å². The zero-order valence-electron chi connectivity index (χ0n) is 10.3. The second-order valence-corrected chi connectivity index (χ2v) is 4.76. The zero-order valence-corrected chi connectivity index (χ0v) is 11.8. The number of hydrogen-bond donors (Lipinski definition) is 1. The monoisotopic (exact) mass is 291 g/mol. The molecule has 18 heavy (non-hydrogen) atoms. The molecule has 1 atom stereocenters. The predicted molar refractivity (Wildman–Crippen MR) is 74.7 cm³/mol. The van der Waals surface area contributed by atoms with Crippen LogP contribution in [-0.2, 0) is 0 Å². The zero-order chi connectivity index (χ0) is 11.9. The first-order chi connectivity index (χ1) is 8.34. The molecule has 0 aromatic carbocycles. The molecule has 0 saturated carbocycles. The molecule has 2 rings (SSSR count). The van der Waals surface area contributed by atoms with E-state index in [0.29, 0.717) is 23.7 Å². The highest BCUT2D eigenvalue weighted by molar-refractivity contribution is 6.30. The lowest BCUT2D eigenvalue weighted by atomic mass is 10.0. The van der Waals surface area contributed by atoms with E-state index in [2.05, 4.69) is 15.3 Å². The quantitative estimate of drug-likeness (QED) is 0.848. The Labute approximate surface area is 119 Å². The van der Waals surface area contributed by atoms with E-state index in [-0.39, 0.29) is 12.4 Å². The van der Waals surface area contributed by atoms with Gasteiger partial charge in [-0.1, -0.05) is 18.0 Å². The molecule has 4 nitrogen and oxygen atoms in total. The lowest BCUT2D eigenvalue weighted by Gasteiger charge is -2.23. The summed E-state index contributed by atoms with van der Waals surface area (Å²) in [6.45, 7) is 1.83. The number of nitrogens with zero attached hydrogens (tertiary/aromatic N) is 2. The Bertz CT molecular complexity index is 329. The second kappa shape index (κ2) is 8.51. The fourth-order valence-electron chi connectivity index (χ4n) is 2.04. The fraction of sp³-hybridized carbons (Fsp3) is 0.667. The number of nitrogens with one attached hydrogen (secondary N) is 1. The first kappa shape index (κ1) is 15.5. The fourth-order valence-corrected chi connectivity index (χ4v) is 2.14. The van der Waals surface area contributed by atoms with Gasteiger partial charge in [-0.25, -0.2) is 9.97 Å². The Kier molecular flexibility index (Phi) is 7.32. The number of aromatic nitrogens is 2. The Hall–Kier alpha value is -0.580. The molecule has 0 radical (unpaired) electrons. The highest BCUT2D eigenvalue weighted by Crippen LogP contribution is 2.12. The van der Waals surface area contributed by atoms with Gasteiger partial charge >= 0.3 is 6.01 Å². The Morgan fingerprint density at radius 1 is 1.33 bits per heavy atom. The van der Waals surface area contributed by atoms with E-state index in [1.807, 2.05) is 0 Å². The van der Waals surface area contributed by atoms with Crippen LogP contribution < -0.4 is 10.1 Å². The van der Waals surface area contributed by atoms with Gasteiger partial charge in [-0.3, -0.25) is 0 Å². The standard InChI is InChI=1S/C12H18ClN3O.ClH/c13-10-8-15-12(16-9-10)17-7-3-5-11-4-1-2-6-14-11;/h8-9,11,14H,1-7H2;1H. The van der Waals surface area contributed by atoms with Gasteiger partial charge in [0.2, 0.25) is 0 Å². The summed E-state index contributed by atoms with van der Waals surface area (Å²) in [6.07, 6.45) is 9.23. The van der Waals surface area contributed by atoms with Crippen LogP contribution in [-0.4, -0.2) is 29.2 Å². The number of halogens is 2. The molecule has 1 aliphatic heterocycles. The average Bonchev–Trinajstić information content (AvgIpc) is 2.38. The summed E-state index contributed by atoms with van der Waals surface area (Å²) in [5.74, 6) is 0. The first-order valence-corrected chi connectivity index (χ1v) is 6.56. The molecule has 102 valence electrons. The van der Waals surface area contributed by atoms with Crippen molar-refractivity contribution in [3.8, 4) is 6.01 Å². The minimum atomic E-state index is 0. The normalized spacial score (nSPS) is 19.1. The van der Waals surface area contributed by atoms with E-state index in [1.165, 1.54) is 19.3 Å². The first-order valence-electron chi connectivity index (χ1n) is 6.18. The highest BCUT2D eigenvalue weighted by Gasteiger charge is 2.11. The molecule has 1 aliphatic rings. The van der Waals surface area contributed by atoms with Gasteiger partial charge in [0, 0.05) is 6.04 Å². The molecule has 1 aromatic heterocycles. The minimum absolute atomic E-state index is 0. The summed E-state index contributed by atoms with van der Waals surface area (Å²) in [5, 5.41) is 4.05. The molecule has 1 N–H and O–H groups in total. The van der Waals surface area contributed by atoms with Crippen LogP contribution >= 0.6 is 24.0 Å². The maximum atomic E-state index is 5.69. The Morgan fingerprint density at radius 2 is 2.11 bits per heavy atom. The number of ether oxygens (including phenoxy) is 1. The van der Waals surface area contributed by atoms with Crippen molar-refractivity contribution in [3.05, 3.63) is 17.4 Å². The summed E-state index contributed by atoms with van der Waals surface area (Å²) in [6, 6.07) is 1.07. The topological polar surface area (TPSA) is 47.0 Å². The third-order valence-electron chi connectivity index (χ3n) is 2.94. The molecule has 0 spiro atoms. The summed E-state index contributed by atoms with van der Waals surface area (Å²) >= 11 is 5.69. The van der Waals surface area contributed by atoms with Crippen LogP contribution in [0.4, 0.5) is 0 Å². The Morgan fingerprint density at radius 3 is 2.78 bits per heavy atom. The van der Waals surface area contributed by atoms with Crippen molar-refractivity contribution >= 4 is 24.0 Å². The van der Waals surface area contributed by atoms with Gasteiger partial charge in [0.25, 0.3) is 0 Å². The van der Waals surface area contributed by atoms with E-state index in [1.54, 1.807) is 12.4 Å². The minimum Gasteiger partial charge on any atom is -0.463 e. The maximum Gasteiger partial charge on any atom is 0.316 e. The second-order valence-electron chi connectivity index (χ2n) is 4.32. The van der Waals surface area contributed by atoms with Crippen LogP contribution in [0.2, 0.25) is 5.02 Å². The molecular formula is C12H19Cl2N3O. The van der Waals surface area contributed by atoms with Crippen molar-refractivity contribution in [1.82, 2.24) is 15.3 Å². The van der Waals surface area contributed by atoms with Crippen LogP contribution in [0.1, 0.15) is 32.1 Å². The van der Waals surface area contributed by atoms with E-state index in [4.69, 9.17) is 16.3 Å². The Balaban J connectivity index is 0.00000162. The van der Waals surface area contributed by atoms with E-state index in [0.717, 1.165) is 19.4 Å². The van der Waals surface area contributed by atoms with Crippen LogP contribution in [0.25, 0.3) is 0 Å². The SMILES string of the molecule is Cl.Clc1cnc(OCCCC2CCCCN2)nc1. The highest BCUT2D eigenvalue weighted by atomic mass is 35.5.